The minimum atomic E-state index is -0.371. The van der Waals surface area contributed by atoms with Crippen molar-refractivity contribution in [3.8, 4) is 0 Å². The van der Waals surface area contributed by atoms with Crippen LogP contribution in [-0.2, 0) is 14.3 Å². The average molecular weight is 200 g/mol. The van der Waals surface area contributed by atoms with Crippen molar-refractivity contribution in [2.45, 2.75) is 6.92 Å². The SMILES string of the molecule is C=C/C=C(\C=C/F)OCCOC(C)=O. The molecule has 14 heavy (non-hydrogen) atoms. The van der Waals surface area contributed by atoms with Gasteiger partial charge in [-0.2, -0.15) is 0 Å². The van der Waals surface area contributed by atoms with Gasteiger partial charge in [0.05, 0.1) is 6.33 Å². The molecule has 0 saturated carbocycles. The number of halogens is 1. The van der Waals surface area contributed by atoms with E-state index in [1.54, 1.807) is 0 Å². The minimum Gasteiger partial charge on any atom is -0.490 e. The predicted molar refractivity (Wildman–Crippen MR) is 51.1 cm³/mol. The van der Waals surface area contributed by atoms with E-state index in [2.05, 4.69) is 11.3 Å². The molecule has 0 N–H and O–H groups in total. The number of allylic oxidation sites excluding steroid dienone is 3. The summed E-state index contributed by atoms with van der Waals surface area (Å²) in [7, 11) is 0. The van der Waals surface area contributed by atoms with Crippen molar-refractivity contribution in [3.63, 3.8) is 0 Å². The van der Waals surface area contributed by atoms with E-state index < -0.39 is 0 Å². The van der Waals surface area contributed by atoms with E-state index in [9.17, 15) is 9.18 Å². The number of ether oxygens (including phenoxy) is 2. The average Bonchev–Trinajstić information content (AvgIpc) is 2.12. The van der Waals surface area contributed by atoms with Crippen LogP contribution in [0.25, 0.3) is 0 Å². The molecule has 0 aliphatic carbocycles. The Hall–Kier alpha value is -1.58. The molecule has 0 saturated heterocycles. The van der Waals surface area contributed by atoms with Gasteiger partial charge in [0.2, 0.25) is 0 Å². The van der Waals surface area contributed by atoms with Crippen LogP contribution in [0.2, 0.25) is 0 Å². The van der Waals surface area contributed by atoms with Crippen LogP contribution in [0.1, 0.15) is 6.92 Å². The van der Waals surface area contributed by atoms with Gasteiger partial charge in [-0.3, -0.25) is 4.79 Å². The van der Waals surface area contributed by atoms with Gasteiger partial charge in [0.15, 0.2) is 0 Å². The molecule has 0 rings (SSSR count). The Morgan fingerprint density at radius 3 is 2.57 bits per heavy atom. The third-order valence-corrected chi connectivity index (χ3v) is 1.17. The van der Waals surface area contributed by atoms with E-state index in [0.717, 1.165) is 6.08 Å². The smallest absolute Gasteiger partial charge is 0.302 e. The third-order valence-electron chi connectivity index (χ3n) is 1.17. The second-order valence-corrected chi connectivity index (χ2v) is 2.29. The van der Waals surface area contributed by atoms with Gasteiger partial charge in [0, 0.05) is 13.0 Å². The Morgan fingerprint density at radius 1 is 1.43 bits per heavy atom. The van der Waals surface area contributed by atoms with Crippen LogP contribution >= 0.6 is 0 Å². The fourth-order valence-electron chi connectivity index (χ4n) is 0.675. The van der Waals surface area contributed by atoms with E-state index in [-0.39, 0.29) is 19.2 Å². The Bertz CT molecular complexity index is 244. The lowest BCUT2D eigenvalue weighted by atomic mass is 10.4. The summed E-state index contributed by atoms with van der Waals surface area (Å²) in [5.41, 5.74) is 0. The quantitative estimate of drug-likeness (QED) is 0.285. The lowest BCUT2D eigenvalue weighted by Crippen LogP contribution is -2.06. The first-order valence-electron chi connectivity index (χ1n) is 4.06. The molecular formula is C10H13FO3. The summed E-state index contributed by atoms with van der Waals surface area (Å²) in [4.78, 5) is 10.4. The van der Waals surface area contributed by atoms with Crippen molar-refractivity contribution in [3.05, 3.63) is 36.9 Å². The summed E-state index contributed by atoms with van der Waals surface area (Å²) in [6.07, 6.45) is 4.49. The first kappa shape index (κ1) is 12.4. The summed E-state index contributed by atoms with van der Waals surface area (Å²) in [6.45, 7) is 5.08. The summed E-state index contributed by atoms with van der Waals surface area (Å²) in [5, 5.41) is 0. The highest BCUT2D eigenvalue weighted by Gasteiger charge is 1.94. The molecule has 0 heterocycles. The lowest BCUT2D eigenvalue weighted by Gasteiger charge is -2.05. The Balaban J connectivity index is 3.78. The van der Waals surface area contributed by atoms with Gasteiger partial charge in [0.1, 0.15) is 19.0 Å². The molecule has 0 fully saturated rings. The van der Waals surface area contributed by atoms with E-state index in [1.807, 2.05) is 0 Å². The van der Waals surface area contributed by atoms with E-state index in [1.165, 1.54) is 19.1 Å². The molecule has 0 amide bonds. The zero-order valence-electron chi connectivity index (χ0n) is 8.03. The molecule has 0 aromatic carbocycles. The molecule has 0 radical (unpaired) electrons. The first-order chi connectivity index (χ1) is 6.70. The summed E-state index contributed by atoms with van der Waals surface area (Å²) >= 11 is 0. The molecule has 0 atom stereocenters. The van der Waals surface area contributed by atoms with E-state index in [0.29, 0.717) is 12.1 Å². The highest BCUT2D eigenvalue weighted by atomic mass is 19.1. The number of carbonyl (C=O) groups is 1. The van der Waals surface area contributed by atoms with Crippen molar-refractivity contribution in [2.24, 2.45) is 0 Å². The largest absolute Gasteiger partial charge is 0.490 e. The van der Waals surface area contributed by atoms with Crippen LogP contribution in [-0.4, -0.2) is 19.2 Å². The maximum Gasteiger partial charge on any atom is 0.302 e. The zero-order chi connectivity index (χ0) is 10.8. The van der Waals surface area contributed by atoms with Gasteiger partial charge in [-0.05, 0) is 6.08 Å². The van der Waals surface area contributed by atoms with Crippen molar-refractivity contribution < 1.29 is 18.7 Å². The standard InChI is InChI=1S/C10H13FO3/c1-3-4-10(5-6-11)14-8-7-13-9(2)12/h3-6H,1,7-8H2,2H3/b6-5-,10-4+. The molecule has 78 valence electrons. The van der Waals surface area contributed by atoms with Gasteiger partial charge < -0.3 is 9.47 Å². The van der Waals surface area contributed by atoms with Crippen LogP contribution in [0.15, 0.2) is 36.9 Å². The highest BCUT2D eigenvalue weighted by molar-refractivity contribution is 5.65. The molecule has 0 unspecified atom stereocenters. The number of carbonyl (C=O) groups excluding carboxylic acids is 1. The highest BCUT2D eigenvalue weighted by Crippen LogP contribution is 2.00. The second kappa shape index (κ2) is 8.04. The summed E-state index contributed by atoms with van der Waals surface area (Å²) < 4.78 is 21.5. The maximum absolute atomic E-state index is 11.8. The lowest BCUT2D eigenvalue weighted by molar-refractivity contribution is -0.142. The number of rotatable bonds is 6. The Kier molecular flexibility index (Phi) is 7.13. The minimum absolute atomic E-state index is 0.143. The van der Waals surface area contributed by atoms with Crippen LogP contribution in [0.5, 0.6) is 0 Å². The van der Waals surface area contributed by atoms with Gasteiger partial charge in [-0.15, -0.1) is 0 Å². The molecule has 0 aliphatic rings. The molecule has 0 spiro atoms. The van der Waals surface area contributed by atoms with Gasteiger partial charge in [-0.1, -0.05) is 12.7 Å². The Morgan fingerprint density at radius 2 is 2.07 bits per heavy atom. The number of esters is 1. The van der Waals surface area contributed by atoms with E-state index >= 15 is 0 Å². The van der Waals surface area contributed by atoms with Crippen molar-refractivity contribution in [1.82, 2.24) is 0 Å². The summed E-state index contributed by atoms with van der Waals surface area (Å²) in [5.74, 6) is -0.0430. The van der Waals surface area contributed by atoms with Gasteiger partial charge in [-0.25, -0.2) is 4.39 Å². The topological polar surface area (TPSA) is 35.5 Å². The molecule has 4 heteroatoms. The number of hydrogen-bond acceptors (Lipinski definition) is 3. The normalized spacial score (nSPS) is 11.4. The van der Waals surface area contributed by atoms with Crippen LogP contribution in [0.3, 0.4) is 0 Å². The predicted octanol–water partition coefficient (Wildman–Crippen LogP) is 2.12. The molecule has 0 bridgehead atoms. The number of hydrogen-bond donors (Lipinski definition) is 0. The van der Waals surface area contributed by atoms with E-state index in [4.69, 9.17) is 4.74 Å². The fraction of sp³-hybridized carbons (Fsp3) is 0.300. The van der Waals surface area contributed by atoms with Crippen molar-refractivity contribution >= 4 is 5.97 Å². The van der Waals surface area contributed by atoms with Crippen molar-refractivity contribution in [1.29, 1.82) is 0 Å². The maximum atomic E-state index is 11.8. The molecule has 0 aliphatic heterocycles. The van der Waals surface area contributed by atoms with Crippen molar-refractivity contribution in [2.75, 3.05) is 13.2 Å². The van der Waals surface area contributed by atoms with Crippen LogP contribution in [0, 0.1) is 0 Å². The zero-order valence-corrected chi connectivity index (χ0v) is 8.03. The van der Waals surface area contributed by atoms with Crippen LogP contribution < -0.4 is 0 Å². The van der Waals surface area contributed by atoms with Gasteiger partial charge >= 0.3 is 5.97 Å². The third kappa shape index (κ3) is 7.09. The summed E-state index contributed by atoms with van der Waals surface area (Å²) in [6, 6.07) is 0. The first-order valence-corrected chi connectivity index (χ1v) is 4.06. The molecule has 0 aromatic rings. The molecular weight excluding hydrogens is 187 g/mol. The monoisotopic (exact) mass is 200 g/mol. The molecule has 3 nitrogen and oxygen atoms in total. The second-order valence-electron chi connectivity index (χ2n) is 2.29. The molecule has 0 aromatic heterocycles. The van der Waals surface area contributed by atoms with Crippen LogP contribution in [0.4, 0.5) is 4.39 Å². The Labute approximate surface area is 82.5 Å². The van der Waals surface area contributed by atoms with Gasteiger partial charge in [0.25, 0.3) is 0 Å². The fourth-order valence-corrected chi connectivity index (χ4v) is 0.675.